The molecule has 2 saturated heterocycles. The quantitative estimate of drug-likeness (QED) is 0.795. The lowest BCUT2D eigenvalue weighted by Crippen LogP contribution is -2.56. The first-order valence-electron chi connectivity index (χ1n) is 6.18. The van der Waals surface area contributed by atoms with E-state index in [0.717, 1.165) is 32.7 Å². The first kappa shape index (κ1) is 10.9. The van der Waals surface area contributed by atoms with Crippen molar-refractivity contribution in [1.29, 1.82) is 0 Å². The molecule has 2 fully saturated rings. The van der Waals surface area contributed by atoms with Crippen LogP contribution in [0.3, 0.4) is 0 Å². The van der Waals surface area contributed by atoms with Crippen molar-refractivity contribution in [3.8, 4) is 0 Å². The number of piperidine rings is 2. The van der Waals surface area contributed by atoms with Crippen molar-refractivity contribution in [2.24, 2.45) is 11.8 Å². The minimum absolute atomic E-state index is 0.198. The molecule has 90 valence electrons. The third-order valence-electron chi connectivity index (χ3n) is 3.70. The predicted octanol–water partition coefficient (Wildman–Crippen LogP) is 0.302. The molecule has 0 amide bonds. The number of pyridine rings is 1. The highest BCUT2D eigenvalue weighted by atomic mass is 16.1. The number of ketones is 1. The van der Waals surface area contributed by atoms with E-state index in [1.807, 2.05) is 24.5 Å². The number of carbonyl (C=O) groups excluding carboxylic acids is 1. The molecule has 4 heteroatoms. The van der Waals surface area contributed by atoms with Gasteiger partial charge >= 0.3 is 0 Å². The van der Waals surface area contributed by atoms with Gasteiger partial charge in [-0.25, -0.2) is 0 Å². The van der Waals surface area contributed by atoms with Gasteiger partial charge in [-0.3, -0.25) is 14.7 Å². The molecule has 2 unspecified atom stereocenters. The first-order valence-corrected chi connectivity index (χ1v) is 6.18. The van der Waals surface area contributed by atoms with Gasteiger partial charge in [0, 0.05) is 57.0 Å². The number of fused-ring (bicyclic) bond motifs is 2. The van der Waals surface area contributed by atoms with Gasteiger partial charge in [0.05, 0.1) is 0 Å². The summed E-state index contributed by atoms with van der Waals surface area (Å²) in [5.74, 6) is 0.864. The molecule has 0 radical (unpaired) electrons. The number of likely N-dealkylation sites (tertiary alicyclic amines) is 1. The highest BCUT2D eigenvalue weighted by Crippen LogP contribution is 2.22. The molecule has 0 saturated carbocycles. The molecule has 3 heterocycles. The SMILES string of the molecule is O=C1C2CNCC1CN(Cc1ccncc1)C2. The van der Waals surface area contributed by atoms with Gasteiger partial charge in [0.25, 0.3) is 0 Å². The monoisotopic (exact) mass is 231 g/mol. The number of nitrogens with zero attached hydrogens (tertiary/aromatic N) is 2. The van der Waals surface area contributed by atoms with Crippen molar-refractivity contribution >= 4 is 5.78 Å². The number of carbonyl (C=O) groups is 1. The van der Waals surface area contributed by atoms with Crippen molar-refractivity contribution in [2.45, 2.75) is 6.54 Å². The van der Waals surface area contributed by atoms with E-state index in [0.29, 0.717) is 5.78 Å². The normalized spacial score (nSPS) is 29.3. The van der Waals surface area contributed by atoms with Crippen LogP contribution in [-0.2, 0) is 11.3 Å². The van der Waals surface area contributed by atoms with Crippen LogP contribution in [0.2, 0.25) is 0 Å². The highest BCUT2D eigenvalue weighted by Gasteiger charge is 2.37. The fraction of sp³-hybridized carbons (Fsp3) is 0.538. The Morgan fingerprint density at radius 1 is 1.24 bits per heavy atom. The molecule has 1 aromatic rings. The summed E-state index contributed by atoms with van der Waals surface area (Å²) in [5.41, 5.74) is 1.28. The van der Waals surface area contributed by atoms with E-state index in [-0.39, 0.29) is 11.8 Å². The van der Waals surface area contributed by atoms with E-state index in [1.165, 1.54) is 5.56 Å². The summed E-state index contributed by atoms with van der Waals surface area (Å²) in [4.78, 5) is 18.3. The van der Waals surface area contributed by atoms with Gasteiger partial charge in [0.1, 0.15) is 5.78 Å². The number of hydrogen-bond acceptors (Lipinski definition) is 4. The second-order valence-corrected chi connectivity index (χ2v) is 5.00. The molecule has 0 spiro atoms. The van der Waals surface area contributed by atoms with Crippen LogP contribution in [-0.4, -0.2) is 41.8 Å². The van der Waals surface area contributed by atoms with Crippen LogP contribution >= 0.6 is 0 Å². The molecule has 4 nitrogen and oxygen atoms in total. The van der Waals surface area contributed by atoms with Gasteiger partial charge in [-0.15, -0.1) is 0 Å². The van der Waals surface area contributed by atoms with Crippen LogP contribution in [0.15, 0.2) is 24.5 Å². The average Bonchev–Trinajstić information content (AvgIpc) is 2.32. The zero-order chi connectivity index (χ0) is 11.7. The smallest absolute Gasteiger partial charge is 0.144 e. The maximum absolute atomic E-state index is 11.9. The van der Waals surface area contributed by atoms with Gasteiger partial charge in [0.15, 0.2) is 0 Å². The number of hydrogen-bond donors (Lipinski definition) is 1. The van der Waals surface area contributed by atoms with Crippen molar-refractivity contribution in [2.75, 3.05) is 26.2 Å². The summed E-state index contributed by atoms with van der Waals surface area (Å²) in [6.07, 6.45) is 3.65. The van der Waals surface area contributed by atoms with Crippen LogP contribution in [0.4, 0.5) is 0 Å². The minimum atomic E-state index is 0.198. The van der Waals surface area contributed by atoms with Crippen molar-refractivity contribution in [3.63, 3.8) is 0 Å². The topological polar surface area (TPSA) is 45.2 Å². The summed E-state index contributed by atoms with van der Waals surface area (Å²) in [7, 11) is 0. The largest absolute Gasteiger partial charge is 0.315 e. The molecule has 0 aromatic carbocycles. The van der Waals surface area contributed by atoms with Crippen LogP contribution < -0.4 is 5.32 Å². The Bertz CT molecular complexity index is 390. The summed E-state index contributed by atoms with van der Waals surface area (Å²) in [5, 5.41) is 3.34. The Labute approximate surface area is 101 Å². The Hall–Kier alpha value is -1.26. The third kappa shape index (κ3) is 2.23. The zero-order valence-electron chi connectivity index (χ0n) is 9.80. The Morgan fingerprint density at radius 2 is 1.88 bits per heavy atom. The minimum Gasteiger partial charge on any atom is -0.315 e. The molecule has 2 aliphatic rings. The van der Waals surface area contributed by atoms with Gasteiger partial charge in [-0.05, 0) is 17.7 Å². The standard InChI is InChI=1S/C13H17N3O/c17-13-11-5-15-6-12(13)9-16(8-11)7-10-1-3-14-4-2-10/h1-4,11-12,15H,5-9H2. The number of rotatable bonds is 2. The zero-order valence-corrected chi connectivity index (χ0v) is 9.80. The molecular weight excluding hydrogens is 214 g/mol. The molecule has 2 atom stereocenters. The lowest BCUT2D eigenvalue weighted by atomic mass is 9.84. The number of nitrogens with one attached hydrogen (secondary N) is 1. The fourth-order valence-corrected chi connectivity index (χ4v) is 2.85. The Kier molecular flexibility index (Phi) is 2.91. The van der Waals surface area contributed by atoms with Crippen molar-refractivity contribution in [3.05, 3.63) is 30.1 Å². The Morgan fingerprint density at radius 3 is 2.53 bits per heavy atom. The van der Waals surface area contributed by atoms with E-state index in [9.17, 15) is 4.79 Å². The maximum Gasteiger partial charge on any atom is 0.144 e. The van der Waals surface area contributed by atoms with Crippen molar-refractivity contribution < 1.29 is 4.79 Å². The predicted molar refractivity (Wildman–Crippen MR) is 64.4 cm³/mol. The van der Waals surface area contributed by atoms with Gasteiger partial charge < -0.3 is 5.32 Å². The summed E-state index contributed by atoms with van der Waals surface area (Å²) >= 11 is 0. The van der Waals surface area contributed by atoms with Gasteiger partial charge in [-0.1, -0.05) is 0 Å². The lowest BCUT2D eigenvalue weighted by molar-refractivity contribution is -0.133. The molecule has 2 aliphatic heterocycles. The summed E-state index contributed by atoms with van der Waals surface area (Å²) in [6.45, 7) is 4.42. The van der Waals surface area contributed by atoms with E-state index >= 15 is 0 Å². The molecule has 17 heavy (non-hydrogen) atoms. The van der Waals surface area contributed by atoms with Gasteiger partial charge in [0.2, 0.25) is 0 Å². The third-order valence-corrected chi connectivity index (χ3v) is 3.70. The number of Topliss-reactive ketones (excluding diaryl/α,β-unsaturated/α-hetero) is 1. The highest BCUT2D eigenvalue weighted by molar-refractivity contribution is 5.85. The van der Waals surface area contributed by atoms with E-state index in [2.05, 4.69) is 15.2 Å². The molecule has 1 aromatic heterocycles. The fourth-order valence-electron chi connectivity index (χ4n) is 2.85. The van der Waals surface area contributed by atoms with Crippen molar-refractivity contribution in [1.82, 2.24) is 15.2 Å². The van der Waals surface area contributed by atoms with Crippen LogP contribution in [0, 0.1) is 11.8 Å². The second kappa shape index (κ2) is 4.55. The van der Waals surface area contributed by atoms with Crippen LogP contribution in [0.5, 0.6) is 0 Å². The lowest BCUT2D eigenvalue weighted by Gasteiger charge is -2.40. The second-order valence-electron chi connectivity index (χ2n) is 5.00. The maximum atomic E-state index is 11.9. The van der Waals surface area contributed by atoms with E-state index < -0.39 is 0 Å². The molecule has 3 rings (SSSR count). The molecular formula is C13H17N3O. The summed E-state index contributed by atoms with van der Waals surface area (Å²) < 4.78 is 0. The van der Waals surface area contributed by atoms with Gasteiger partial charge in [-0.2, -0.15) is 0 Å². The molecule has 0 aliphatic carbocycles. The first-order chi connectivity index (χ1) is 8.33. The number of aromatic nitrogens is 1. The van der Waals surface area contributed by atoms with Crippen LogP contribution in [0.1, 0.15) is 5.56 Å². The molecule has 2 bridgehead atoms. The molecule has 1 N–H and O–H groups in total. The van der Waals surface area contributed by atoms with Crippen LogP contribution in [0.25, 0.3) is 0 Å². The van der Waals surface area contributed by atoms with E-state index in [1.54, 1.807) is 0 Å². The average molecular weight is 231 g/mol. The van der Waals surface area contributed by atoms with E-state index in [4.69, 9.17) is 0 Å². The summed E-state index contributed by atoms with van der Waals surface area (Å²) in [6, 6.07) is 4.09. The Balaban J connectivity index is 1.68.